The van der Waals surface area contributed by atoms with Crippen molar-refractivity contribution in [3.8, 4) is 33.4 Å². The number of anilines is 3. The summed E-state index contributed by atoms with van der Waals surface area (Å²) in [5.41, 5.74) is 12.4. The average Bonchev–Trinajstić information content (AvgIpc) is 3.77. The van der Waals surface area contributed by atoms with Crippen molar-refractivity contribution < 1.29 is 4.42 Å². The van der Waals surface area contributed by atoms with Gasteiger partial charge in [0.1, 0.15) is 11.2 Å². The first-order valence-corrected chi connectivity index (χ1v) is 18.1. The fourth-order valence-corrected chi connectivity index (χ4v) is 8.53. The Morgan fingerprint density at radius 2 is 0.824 bits per heavy atom. The van der Waals surface area contributed by atoms with Gasteiger partial charge in [0.15, 0.2) is 0 Å². The standard InChI is InChI=1S/C48H31NOS/c1-3-9-32(10-4-1)34-15-22-38(23-16-34)49(39-24-17-35(18-25-39)33-11-5-2-6-12-33)40-26-19-36(20-27-40)37-21-28-42-46(31-37)51-45-30-29-44-47(48(42)45)41-13-7-8-14-43(41)50-44/h1-31H. The van der Waals surface area contributed by atoms with Gasteiger partial charge in [-0.3, -0.25) is 0 Å². The number of benzene rings is 8. The van der Waals surface area contributed by atoms with Crippen molar-refractivity contribution in [1.29, 1.82) is 0 Å². The van der Waals surface area contributed by atoms with E-state index in [4.69, 9.17) is 4.42 Å². The van der Waals surface area contributed by atoms with Crippen molar-refractivity contribution in [2.75, 3.05) is 4.90 Å². The first-order valence-electron chi connectivity index (χ1n) is 17.2. The molecule has 10 rings (SSSR count). The molecule has 10 aromatic rings. The molecule has 0 amide bonds. The molecule has 3 heteroatoms. The van der Waals surface area contributed by atoms with Gasteiger partial charge in [-0.1, -0.05) is 127 Å². The van der Waals surface area contributed by atoms with E-state index in [-0.39, 0.29) is 0 Å². The summed E-state index contributed by atoms with van der Waals surface area (Å²) in [4.78, 5) is 2.34. The van der Waals surface area contributed by atoms with Crippen LogP contribution < -0.4 is 4.90 Å². The Hall–Kier alpha value is -6.42. The summed E-state index contributed by atoms with van der Waals surface area (Å²) in [6, 6.07) is 67.3. The third-order valence-corrected chi connectivity index (χ3v) is 11.0. The van der Waals surface area contributed by atoms with Crippen LogP contribution in [0.2, 0.25) is 0 Å². The summed E-state index contributed by atoms with van der Waals surface area (Å²) >= 11 is 1.85. The summed E-state index contributed by atoms with van der Waals surface area (Å²) < 4.78 is 8.78. The number of furan rings is 1. The molecule has 0 atom stereocenters. The van der Waals surface area contributed by atoms with Crippen LogP contribution in [0.3, 0.4) is 0 Å². The normalized spacial score (nSPS) is 11.5. The molecule has 0 radical (unpaired) electrons. The molecule has 0 saturated heterocycles. The first kappa shape index (κ1) is 29.5. The first-order chi connectivity index (χ1) is 25.3. The van der Waals surface area contributed by atoms with Crippen LogP contribution in [0, 0.1) is 0 Å². The predicted molar refractivity (Wildman–Crippen MR) is 218 cm³/mol. The molecule has 0 aliphatic carbocycles. The van der Waals surface area contributed by atoms with E-state index in [0.717, 1.165) is 28.2 Å². The highest BCUT2D eigenvalue weighted by molar-refractivity contribution is 7.26. The number of fused-ring (bicyclic) bond motifs is 7. The van der Waals surface area contributed by atoms with E-state index in [1.165, 1.54) is 64.3 Å². The molecule has 8 aromatic carbocycles. The van der Waals surface area contributed by atoms with Crippen LogP contribution in [0.25, 0.3) is 75.5 Å². The number of thiophene rings is 1. The van der Waals surface area contributed by atoms with E-state index >= 15 is 0 Å². The van der Waals surface area contributed by atoms with Crippen LogP contribution in [0.5, 0.6) is 0 Å². The van der Waals surface area contributed by atoms with Gasteiger partial charge in [0, 0.05) is 48.0 Å². The maximum atomic E-state index is 6.22. The molecule has 0 saturated carbocycles. The molecule has 0 aliphatic rings. The van der Waals surface area contributed by atoms with Gasteiger partial charge in [-0.05, 0) is 94.0 Å². The van der Waals surface area contributed by atoms with Crippen molar-refractivity contribution in [2.24, 2.45) is 0 Å². The van der Waals surface area contributed by atoms with Crippen LogP contribution >= 0.6 is 11.3 Å². The number of nitrogens with zero attached hydrogens (tertiary/aromatic N) is 1. The van der Waals surface area contributed by atoms with Crippen LogP contribution in [0.15, 0.2) is 192 Å². The average molecular weight is 670 g/mol. The molecule has 2 heterocycles. The van der Waals surface area contributed by atoms with Crippen molar-refractivity contribution in [1.82, 2.24) is 0 Å². The van der Waals surface area contributed by atoms with E-state index in [1.54, 1.807) is 0 Å². The highest BCUT2D eigenvalue weighted by Crippen LogP contribution is 2.44. The minimum atomic E-state index is 0.935. The monoisotopic (exact) mass is 669 g/mol. The molecule has 0 spiro atoms. The Balaban J connectivity index is 1.03. The Labute approximate surface area is 300 Å². The fraction of sp³-hybridized carbons (Fsp3) is 0. The Morgan fingerprint density at radius 1 is 0.333 bits per heavy atom. The van der Waals surface area contributed by atoms with E-state index in [0.29, 0.717) is 0 Å². The topological polar surface area (TPSA) is 16.4 Å². The highest BCUT2D eigenvalue weighted by Gasteiger charge is 2.17. The van der Waals surface area contributed by atoms with Crippen molar-refractivity contribution in [3.63, 3.8) is 0 Å². The van der Waals surface area contributed by atoms with Crippen molar-refractivity contribution in [3.05, 3.63) is 188 Å². The molecule has 51 heavy (non-hydrogen) atoms. The van der Waals surface area contributed by atoms with Crippen molar-refractivity contribution >= 4 is 70.5 Å². The second-order valence-corrected chi connectivity index (χ2v) is 14.0. The summed E-state index contributed by atoms with van der Waals surface area (Å²) in [6.45, 7) is 0. The fourth-order valence-electron chi connectivity index (χ4n) is 7.38. The number of rotatable bonds is 6. The minimum Gasteiger partial charge on any atom is -0.456 e. The van der Waals surface area contributed by atoms with Gasteiger partial charge in [-0.25, -0.2) is 0 Å². The SMILES string of the molecule is c1ccc(-c2ccc(N(c3ccc(-c4ccccc4)cc3)c3ccc(-c4ccc5c(c4)sc4ccc6oc7ccccc7c6c45)cc3)cc2)cc1. The largest absolute Gasteiger partial charge is 0.456 e. The zero-order chi connectivity index (χ0) is 33.7. The van der Waals surface area contributed by atoms with Crippen LogP contribution in [0.4, 0.5) is 17.1 Å². The third kappa shape index (κ3) is 5.18. The summed E-state index contributed by atoms with van der Waals surface area (Å²) in [7, 11) is 0. The van der Waals surface area contributed by atoms with Gasteiger partial charge in [0.2, 0.25) is 0 Å². The van der Waals surface area contributed by atoms with Gasteiger partial charge in [0.25, 0.3) is 0 Å². The lowest BCUT2D eigenvalue weighted by atomic mass is 10.0. The van der Waals surface area contributed by atoms with E-state index in [1.807, 2.05) is 17.4 Å². The maximum absolute atomic E-state index is 6.22. The lowest BCUT2D eigenvalue weighted by Crippen LogP contribution is -2.09. The zero-order valence-electron chi connectivity index (χ0n) is 27.7. The van der Waals surface area contributed by atoms with E-state index in [2.05, 4.69) is 187 Å². The van der Waals surface area contributed by atoms with Gasteiger partial charge in [-0.2, -0.15) is 0 Å². The molecule has 2 aromatic heterocycles. The minimum absolute atomic E-state index is 0.935. The molecular formula is C48H31NOS. The summed E-state index contributed by atoms with van der Waals surface area (Å²) in [5, 5.41) is 4.94. The van der Waals surface area contributed by atoms with Crippen LogP contribution in [0.1, 0.15) is 0 Å². The van der Waals surface area contributed by atoms with Gasteiger partial charge in [0.05, 0.1) is 0 Å². The zero-order valence-corrected chi connectivity index (χ0v) is 28.5. The lowest BCUT2D eigenvalue weighted by Gasteiger charge is -2.26. The Morgan fingerprint density at radius 3 is 1.41 bits per heavy atom. The number of hydrogen-bond acceptors (Lipinski definition) is 3. The molecule has 0 bridgehead atoms. The number of hydrogen-bond donors (Lipinski definition) is 0. The molecule has 2 nitrogen and oxygen atoms in total. The summed E-state index contributed by atoms with van der Waals surface area (Å²) in [6.07, 6.45) is 0. The molecule has 240 valence electrons. The number of para-hydroxylation sites is 1. The third-order valence-electron chi connectivity index (χ3n) is 9.90. The van der Waals surface area contributed by atoms with Gasteiger partial charge >= 0.3 is 0 Å². The van der Waals surface area contributed by atoms with Crippen LogP contribution in [-0.4, -0.2) is 0 Å². The Kier molecular flexibility index (Phi) is 7.04. The highest BCUT2D eigenvalue weighted by atomic mass is 32.1. The lowest BCUT2D eigenvalue weighted by molar-refractivity contribution is 0.669. The van der Waals surface area contributed by atoms with Gasteiger partial charge in [-0.15, -0.1) is 11.3 Å². The molecule has 0 fully saturated rings. The predicted octanol–water partition coefficient (Wildman–Crippen LogP) is 14.4. The molecular weight excluding hydrogens is 639 g/mol. The van der Waals surface area contributed by atoms with E-state index < -0.39 is 0 Å². The second-order valence-electron chi connectivity index (χ2n) is 12.9. The maximum Gasteiger partial charge on any atom is 0.136 e. The van der Waals surface area contributed by atoms with Crippen LogP contribution in [-0.2, 0) is 0 Å². The smallest absolute Gasteiger partial charge is 0.136 e. The van der Waals surface area contributed by atoms with Gasteiger partial charge < -0.3 is 9.32 Å². The quantitative estimate of drug-likeness (QED) is 0.175. The molecule has 0 unspecified atom stereocenters. The Bertz CT molecular complexity index is 2730. The summed E-state index contributed by atoms with van der Waals surface area (Å²) in [5.74, 6) is 0. The molecule has 0 N–H and O–H groups in total. The van der Waals surface area contributed by atoms with Crippen molar-refractivity contribution in [2.45, 2.75) is 0 Å². The second kappa shape index (κ2) is 12.2. The molecule has 0 aliphatic heterocycles. The van der Waals surface area contributed by atoms with E-state index in [9.17, 15) is 0 Å².